The Morgan fingerprint density at radius 1 is 1.21 bits per heavy atom. The summed E-state index contributed by atoms with van der Waals surface area (Å²) in [5.41, 5.74) is 1.42. The van der Waals surface area contributed by atoms with Crippen molar-refractivity contribution < 1.29 is 9.18 Å². The Labute approximate surface area is 151 Å². The number of halogens is 2. The SMILES string of the molecule is CC(C)N(CCC(=O)Nc1ccc(Br)cc1F)Cc1ccccc1. The highest BCUT2D eigenvalue weighted by atomic mass is 79.9. The Bertz CT molecular complexity index is 676. The second-order valence-electron chi connectivity index (χ2n) is 5.97. The third-order valence-electron chi connectivity index (χ3n) is 3.79. The van der Waals surface area contributed by atoms with Gasteiger partial charge in [0, 0.05) is 30.0 Å². The minimum absolute atomic E-state index is 0.185. The summed E-state index contributed by atoms with van der Waals surface area (Å²) >= 11 is 3.20. The molecule has 0 radical (unpaired) electrons. The summed E-state index contributed by atoms with van der Waals surface area (Å²) in [5.74, 6) is -0.627. The fourth-order valence-electron chi connectivity index (χ4n) is 2.39. The maximum absolute atomic E-state index is 13.8. The fourth-order valence-corrected chi connectivity index (χ4v) is 2.72. The van der Waals surface area contributed by atoms with Crippen molar-refractivity contribution in [1.29, 1.82) is 0 Å². The summed E-state index contributed by atoms with van der Waals surface area (Å²) in [6.07, 6.45) is 0.320. The van der Waals surface area contributed by atoms with Crippen LogP contribution in [0.1, 0.15) is 25.8 Å². The van der Waals surface area contributed by atoms with Crippen LogP contribution in [0, 0.1) is 5.82 Å². The van der Waals surface area contributed by atoms with E-state index in [-0.39, 0.29) is 11.6 Å². The first-order valence-electron chi connectivity index (χ1n) is 7.98. The molecule has 1 amide bonds. The number of amides is 1. The maximum atomic E-state index is 13.8. The van der Waals surface area contributed by atoms with Crippen molar-refractivity contribution in [2.75, 3.05) is 11.9 Å². The Balaban J connectivity index is 1.90. The fraction of sp³-hybridized carbons (Fsp3) is 0.316. The van der Waals surface area contributed by atoms with Crippen LogP contribution in [0.25, 0.3) is 0 Å². The number of hydrogen-bond acceptors (Lipinski definition) is 2. The lowest BCUT2D eigenvalue weighted by Crippen LogP contribution is -2.33. The Morgan fingerprint density at radius 2 is 1.92 bits per heavy atom. The molecule has 0 spiro atoms. The van der Waals surface area contributed by atoms with E-state index in [1.165, 1.54) is 11.6 Å². The zero-order chi connectivity index (χ0) is 17.5. The van der Waals surface area contributed by atoms with Crippen molar-refractivity contribution in [2.45, 2.75) is 32.9 Å². The van der Waals surface area contributed by atoms with Crippen molar-refractivity contribution in [3.8, 4) is 0 Å². The van der Waals surface area contributed by atoms with Gasteiger partial charge in [-0.1, -0.05) is 46.3 Å². The smallest absolute Gasteiger partial charge is 0.225 e. The van der Waals surface area contributed by atoms with Crippen LogP contribution in [0.5, 0.6) is 0 Å². The van der Waals surface area contributed by atoms with Gasteiger partial charge in [-0.25, -0.2) is 4.39 Å². The molecule has 2 rings (SSSR count). The van der Waals surface area contributed by atoms with Crippen molar-refractivity contribution in [1.82, 2.24) is 4.90 Å². The van der Waals surface area contributed by atoms with Gasteiger partial charge >= 0.3 is 0 Å². The summed E-state index contributed by atoms with van der Waals surface area (Å²) in [7, 11) is 0. The Hall–Kier alpha value is -1.72. The predicted molar refractivity (Wildman–Crippen MR) is 99.3 cm³/mol. The number of nitrogens with zero attached hydrogens (tertiary/aromatic N) is 1. The molecule has 0 saturated heterocycles. The van der Waals surface area contributed by atoms with Crippen LogP contribution in [0.15, 0.2) is 53.0 Å². The molecule has 0 bridgehead atoms. The Kier molecular flexibility index (Phi) is 6.94. The first kappa shape index (κ1) is 18.6. The van der Waals surface area contributed by atoms with Crippen LogP contribution in [0.4, 0.5) is 10.1 Å². The number of carbonyl (C=O) groups excluding carboxylic acids is 1. The van der Waals surface area contributed by atoms with E-state index in [1.54, 1.807) is 12.1 Å². The number of rotatable bonds is 7. The van der Waals surface area contributed by atoms with Crippen molar-refractivity contribution in [2.24, 2.45) is 0 Å². The van der Waals surface area contributed by atoms with Gasteiger partial charge in [0.2, 0.25) is 5.91 Å². The van der Waals surface area contributed by atoms with Crippen LogP contribution >= 0.6 is 15.9 Å². The third-order valence-corrected chi connectivity index (χ3v) is 4.28. The molecule has 0 fully saturated rings. The monoisotopic (exact) mass is 392 g/mol. The zero-order valence-electron chi connectivity index (χ0n) is 13.9. The highest BCUT2D eigenvalue weighted by Crippen LogP contribution is 2.19. The summed E-state index contributed by atoms with van der Waals surface area (Å²) in [6.45, 7) is 5.62. The van der Waals surface area contributed by atoms with E-state index >= 15 is 0 Å². The number of benzene rings is 2. The molecular formula is C19H22BrFN2O. The van der Waals surface area contributed by atoms with Gasteiger partial charge < -0.3 is 5.32 Å². The summed E-state index contributed by atoms with van der Waals surface area (Å²) in [4.78, 5) is 14.3. The average molecular weight is 393 g/mol. The topological polar surface area (TPSA) is 32.3 Å². The van der Waals surface area contributed by atoms with Gasteiger partial charge in [-0.2, -0.15) is 0 Å². The van der Waals surface area contributed by atoms with Crippen LogP contribution < -0.4 is 5.32 Å². The molecule has 0 aliphatic carbocycles. The highest BCUT2D eigenvalue weighted by molar-refractivity contribution is 9.10. The van der Waals surface area contributed by atoms with E-state index in [9.17, 15) is 9.18 Å². The van der Waals surface area contributed by atoms with Crippen molar-refractivity contribution >= 4 is 27.5 Å². The molecule has 128 valence electrons. The largest absolute Gasteiger partial charge is 0.324 e. The van der Waals surface area contributed by atoms with Gasteiger partial charge in [0.15, 0.2) is 0 Å². The standard InChI is InChI=1S/C19H22BrFN2O/c1-14(2)23(13-15-6-4-3-5-7-15)11-10-19(24)22-18-9-8-16(20)12-17(18)21/h3-9,12,14H,10-11,13H2,1-2H3,(H,22,24). The molecule has 0 atom stereocenters. The highest BCUT2D eigenvalue weighted by Gasteiger charge is 2.13. The predicted octanol–water partition coefficient (Wildman–Crippen LogP) is 4.83. The van der Waals surface area contributed by atoms with Crippen LogP contribution in [0.2, 0.25) is 0 Å². The molecule has 0 heterocycles. The van der Waals surface area contributed by atoms with E-state index in [0.717, 1.165) is 6.54 Å². The van der Waals surface area contributed by atoms with Crippen molar-refractivity contribution in [3.05, 3.63) is 64.4 Å². The quantitative estimate of drug-likeness (QED) is 0.731. The van der Waals surface area contributed by atoms with Gasteiger partial charge in [-0.3, -0.25) is 9.69 Å². The maximum Gasteiger partial charge on any atom is 0.225 e. The number of anilines is 1. The van der Waals surface area contributed by atoms with Gasteiger partial charge in [-0.05, 0) is 37.6 Å². The van der Waals surface area contributed by atoms with E-state index in [1.807, 2.05) is 18.2 Å². The number of hydrogen-bond donors (Lipinski definition) is 1. The summed E-state index contributed by atoms with van der Waals surface area (Å²) in [5, 5.41) is 2.63. The minimum atomic E-state index is -0.442. The normalized spacial score (nSPS) is 11.1. The lowest BCUT2D eigenvalue weighted by atomic mass is 10.2. The van der Waals surface area contributed by atoms with Crippen LogP contribution in [-0.4, -0.2) is 23.4 Å². The summed E-state index contributed by atoms with van der Waals surface area (Å²) < 4.78 is 14.4. The number of nitrogens with one attached hydrogen (secondary N) is 1. The second kappa shape index (κ2) is 8.94. The molecular weight excluding hydrogens is 371 g/mol. The lowest BCUT2D eigenvalue weighted by molar-refractivity contribution is -0.116. The lowest BCUT2D eigenvalue weighted by Gasteiger charge is -2.26. The van der Waals surface area contributed by atoms with Crippen LogP contribution in [0.3, 0.4) is 0 Å². The molecule has 2 aromatic carbocycles. The van der Waals surface area contributed by atoms with E-state index in [0.29, 0.717) is 23.5 Å². The molecule has 0 saturated carbocycles. The molecule has 5 heteroatoms. The second-order valence-corrected chi connectivity index (χ2v) is 6.89. The van der Waals surface area contributed by atoms with Crippen LogP contribution in [-0.2, 0) is 11.3 Å². The molecule has 0 aromatic heterocycles. The third kappa shape index (κ3) is 5.73. The van der Waals surface area contributed by atoms with Crippen molar-refractivity contribution in [3.63, 3.8) is 0 Å². The first-order valence-corrected chi connectivity index (χ1v) is 8.78. The van der Waals surface area contributed by atoms with Gasteiger partial charge in [0.1, 0.15) is 5.82 Å². The average Bonchev–Trinajstić information content (AvgIpc) is 2.55. The van der Waals surface area contributed by atoms with Gasteiger partial charge in [-0.15, -0.1) is 0 Å². The zero-order valence-corrected chi connectivity index (χ0v) is 15.5. The Morgan fingerprint density at radius 3 is 2.54 bits per heavy atom. The van der Waals surface area contributed by atoms with E-state index in [2.05, 4.69) is 52.1 Å². The molecule has 2 aromatic rings. The van der Waals surface area contributed by atoms with E-state index < -0.39 is 5.82 Å². The summed E-state index contributed by atoms with van der Waals surface area (Å²) in [6, 6.07) is 15.1. The molecule has 3 nitrogen and oxygen atoms in total. The molecule has 24 heavy (non-hydrogen) atoms. The first-order chi connectivity index (χ1) is 11.5. The minimum Gasteiger partial charge on any atom is -0.324 e. The number of carbonyl (C=O) groups is 1. The molecule has 0 aliphatic heterocycles. The van der Waals surface area contributed by atoms with E-state index in [4.69, 9.17) is 0 Å². The molecule has 0 unspecified atom stereocenters. The molecule has 0 aliphatic rings. The molecule has 1 N–H and O–H groups in total. The van der Waals surface area contributed by atoms with Gasteiger partial charge in [0.25, 0.3) is 0 Å². The van der Waals surface area contributed by atoms with Gasteiger partial charge in [0.05, 0.1) is 5.69 Å².